The Kier molecular flexibility index (Phi) is 5.44. The Labute approximate surface area is 133 Å². The second-order valence-electron chi connectivity index (χ2n) is 5.06. The molecule has 0 spiro atoms. The van der Waals surface area contributed by atoms with Crippen LogP contribution in [0.4, 0.5) is 8.78 Å². The number of benzene rings is 2. The Hall–Kier alpha value is -2.28. The van der Waals surface area contributed by atoms with E-state index in [4.69, 9.17) is 0 Å². The van der Waals surface area contributed by atoms with Crippen LogP contribution in [0.25, 0.3) is 0 Å². The van der Waals surface area contributed by atoms with Crippen LogP contribution in [0.5, 0.6) is 0 Å². The molecule has 2 aromatic rings. The Morgan fingerprint density at radius 1 is 0.870 bits per heavy atom. The molecule has 122 valence electrons. The Morgan fingerprint density at radius 2 is 1.35 bits per heavy atom. The maximum atomic E-state index is 12.8. The third-order valence-electron chi connectivity index (χ3n) is 3.05. The van der Waals surface area contributed by atoms with E-state index < -0.39 is 27.3 Å². The zero-order valence-electron chi connectivity index (χ0n) is 12.1. The minimum absolute atomic E-state index is 0.116. The molecule has 23 heavy (non-hydrogen) atoms. The molecule has 4 nitrogen and oxygen atoms in total. The topological polar surface area (TPSA) is 63.2 Å². The lowest BCUT2D eigenvalue weighted by molar-refractivity contribution is -0.118. The van der Waals surface area contributed by atoms with Crippen LogP contribution < -0.4 is 5.32 Å². The fourth-order valence-corrected chi connectivity index (χ4v) is 3.24. The van der Waals surface area contributed by atoms with E-state index >= 15 is 0 Å². The summed E-state index contributed by atoms with van der Waals surface area (Å²) in [4.78, 5) is 11.7. The van der Waals surface area contributed by atoms with E-state index in [1.165, 1.54) is 48.5 Å². The third kappa shape index (κ3) is 5.78. The van der Waals surface area contributed by atoms with Crippen LogP contribution >= 0.6 is 0 Å². The van der Waals surface area contributed by atoms with Gasteiger partial charge in [-0.25, -0.2) is 17.2 Å². The Balaban J connectivity index is 1.88. The predicted octanol–water partition coefficient (Wildman–Crippen LogP) is 2.20. The van der Waals surface area contributed by atoms with Crippen molar-refractivity contribution in [3.05, 3.63) is 71.3 Å². The predicted molar refractivity (Wildman–Crippen MR) is 82.1 cm³/mol. The summed E-state index contributed by atoms with van der Waals surface area (Å²) >= 11 is 0. The van der Waals surface area contributed by atoms with E-state index in [-0.39, 0.29) is 18.1 Å². The van der Waals surface area contributed by atoms with E-state index in [1.807, 2.05) is 0 Å². The second-order valence-corrected chi connectivity index (χ2v) is 7.13. The summed E-state index contributed by atoms with van der Waals surface area (Å²) in [6.45, 7) is 0.116. The number of rotatable bonds is 6. The van der Waals surface area contributed by atoms with Gasteiger partial charge < -0.3 is 5.32 Å². The molecular formula is C16H15F2NO3S. The van der Waals surface area contributed by atoms with Crippen molar-refractivity contribution in [2.75, 3.05) is 5.75 Å². The van der Waals surface area contributed by atoms with Crippen LogP contribution in [-0.2, 0) is 26.9 Å². The molecule has 0 fully saturated rings. The molecule has 2 rings (SSSR count). The van der Waals surface area contributed by atoms with Gasteiger partial charge in [-0.1, -0.05) is 24.3 Å². The number of halogens is 2. The minimum atomic E-state index is -3.65. The molecule has 0 atom stereocenters. The highest BCUT2D eigenvalue weighted by Crippen LogP contribution is 2.08. The number of nitrogens with one attached hydrogen (secondary N) is 1. The zero-order valence-corrected chi connectivity index (χ0v) is 12.9. The first-order valence-corrected chi connectivity index (χ1v) is 8.62. The van der Waals surface area contributed by atoms with Gasteiger partial charge in [-0.3, -0.25) is 4.79 Å². The summed E-state index contributed by atoms with van der Waals surface area (Å²) in [5.41, 5.74) is 1.08. The van der Waals surface area contributed by atoms with Gasteiger partial charge in [0.15, 0.2) is 9.84 Å². The first-order valence-electron chi connectivity index (χ1n) is 6.80. The molecule has 7 heteroatoms. The quantitative estimate of drug-likeness (QED) is 0.877. The average Bonchev–Trinajstić information content (AvgIpc) is 2.48. The highest BCUT2D eigenvalue weighted by Gasteiger charge is 2.17. The normalized spacial score (nSPS) is 11.2. The Bertz CT molecular complexity index is 772. The molecule has 0 unspecified atom stereocenters. The molecule has 2 aromatic carbocycles. The van der Waals surface area contributed by atoms with Gasteiger partial charge in [0.1, 0.15) is 17.4 Å². The second kappa shape index (κ2) is 7.32. The van der Waals surface area contributed by atoms with Crippen molar-refractivity contribution in [3.8, 4) is 0 Å². The average molecular weight is 339 g/mol. The zero-order chi connectivity index (χ0) is 16.9. The first kappa shape index (κ1) is 17.1. The fraction of sp³-hybridized carbons (Fsp3) is 0.188. The largest absolute Gasteiger partial charge is 0.351 e. The van der Waals surface area contributed by atoms with Gasteiger partial charge in [0.2, 0.25) is 5.91 Å². The molecule has 1 amide bonds. The van der Waals surface area contributed by atoms with Gasteiger partial charge >= 0.3 is 0 Å². The lowest BCUT2D eigenvalue weighted by atomic mass is 10.2. The smallest absolute Gasteiger partial charge is 0.235 e. The van der Waals surface area contributed by atoms with Crippen LogP contribution in [0.3, 0.4) is 0 Å². The van der Waals surface area contributed by atoms with Gasteiger partial charge in [0, 0.05) is 6.54 Å². The first-order chi connectivity index (χ1) is 10.8. The molecule has 0 aliphatic carbocycles. The van der Waals surface area contributed by atoms with Crippen molar-refractivity contribution in [2.45, 2.75) is 12.3 Å². The summed E-state index contributed by atoms with van der Waals surface area (Å²) in [5.74, 6) is -2.48. The maximum absolute atomic E-state index is 12.8. The van der Waals surface area contributed by atoms with Crippen LogP contribution in [0.1, 0.15) is 11.1 Å². The number of hydrogen-bond donors (Lipinski definition) is 1. The SMILES string of the molecule is O=C(CS(=O)(=O)Cc1ccc(F)cc1)NCc1ccc(F)cc1. The fourth-order valence-electron chi connectivity index (χ4n) is 1.94. The molecule has 0 saturated carbocycles. The van der Waals surface area contributed by atoms with Crippen LogP contribution in [-0.4, -0.2) is 20.1 Å². The summed E-state index contributed by atoms with van der Waals surface area (Å²) < 4.78 is 49.4. The van der Waals surface area contributed by atoms with E-state index in [0.29, 0.717) is 11.1 Å². The monoisotopic (exact) mass is 339 g/mol. The van der Waals surface area contributed by atoms with Crippen molar-refractivity contribution in [2.24, 2.45) is 0 Å². The highest BCUT2D eigenvalue weighted by molar-refractivity contribution is 7.91. The van der Waals surface area contributed by atoms with Gasteiger partial charge in [-0.15, -0.1) is 0 Å². The number of carbonyl (C=O) groups excluding carboxylic acids is 1. The molecule has 1 N–H and O–H groups in total. The van der Waals surface area contributed by atoms with Crippen molar-refractivity contribution in [1.82, 2.24) is 5.32 Å². The van der Waals surface area contributed by atoms with Crippen LogP contribution in [0, 0.1) is 11.6 Å². The molecule has 0 aliphatic rings. The summed E-state index contributed by atoms with van der Waals surface area (Å²) in [6, 6.07) is 10.6. The standard InChI is InChI=1S/C16H15F2NO3S/c17-14-5-1-12(2-6-14)9-19-16(20)11-23(21,22)10-13-3-7-15(18)8-4-13/h1-8H,9-11H2,(H,19,20). The summed E-state index contributed by atoms with van der Waals surface area (Å²) in [6.07, 6.45) is 0. The summed E-state index contributed by atoms with van der Waals surface area (Å²) in [5, 5.41) is 2.47. The van der Waals surface area contributed by atoms with E-state index in [9.17, 15) is 22.0 Å². The van der Waals surface area contributed by atoms with Gasteiger partial charge in [-0.05, 0) is 35.4 Å². The van der Waals surface area contributed by atoms with Crippen molar-refractivity contribution >= 4 is 15.7 Å². The molecular weight excluding hydrogens is 324 g/mol. The molecule has 0 aromatic heterocycles. The summed E-state index contributed by atoms with van der Waals surface area (Å²) in [7, 11) is -3.65. The lowest BCUT2D eigenvalue weighted by Crippen LogP contribution is -2.30. The number of amides is 1. The number of sulfone groups is 1. The third-order valence-corrected chi connectivity index (χ3v) is 4.53. The highest BCUT2D eigenvalue weighted by atomic mass is 32.2. The van der Waals surface area contributed by atoms with Gasteiger partial charge in [0.05, 0.1) is 5.75 Å². The molecule has 0 heterocycles. The Morgan fingerprint density at radius 3 is 1.87 bits per heavy atom. The number of carbonyl (C=O) groups is 1. The van der Waals surface area contributed by atoms with Crippen molar-refractivity contribution < 1.29 is 22.0 Å². The van der Waals surface area contributed by atoms with E-state index in [1.54, 1.807) is 0 Å². The number of hydrogen-bond acceptors (Lipinski definition) is 3. The molecule has 0 radical (unpaired) electrons. The molecule has 0 saturated heterocycles. The maximum Gasteiger partial charge on any atom is 0.235 e. The minimum Gasteiger partial charge on any atom is -0.351 e. The van der Waals surface area contributed by atoms with Crippen LogP contribution in [0.15, 0.2) is 48.5 Å². The van der Waals surface area contributed by atoms with Gasteiger partial charge in [0.25, 0.3) is 0 Å². The molecule has 0 aliphatic heterocycles. The van der Waals surface area contributed by atoms with Crippen LogP contribution in [0.2, 0.25) is 0 Å². The van der Waals surface area contributed by atoms with Crippen molar-refractivity contribution in [3.63, 3.8) is 0 Å². The van der Waals surface area contributed by atoms with E-state index in [2.05, 4.69) is 5.32 Å². The lowest BCUT2D eigenvalue weighted by Gasteiger charge is -2.07. The molecule has 0 bridgehead atoms. The van der Waals surface area contributed by atoms with Gasteiger partial charge in [-0.2, -0.15) is 0 Å². The van der Waals surface area contributed by atoms with Crippen molar-refractivity contribution in [1.29, 1.82) is 0 Å². The van der Waals surface area contributed by atoms with E-state index in [0.717, 1.165) is 0 Å².